The number of thioether (sulfide) groups is 1. The number of hydrogen-bond acceptors (Lipinski definition) is 5. The maximum atomic E-state index is 5.83. The quantitative estimate of drug-likeness (QED) is 0.766. The molecule has 0 N–H and O–H groups in total. The van der Waals surface area contributed by atoms with E-state index in [4.69, 9.17) is 9.47 Å². The van der Waals surface area contributed by atoms with Crippen LogP contribution in [0.25, 0.3) is 0 Å². The highest BCUT2D eigenvalue weighted by Gasteiger charge is 2.22. The van der Waals surface area contributed by atoms with E-state index in [1.54, 1.807) is 11.8 Å². The highest BCUT2D eigenvalue weighted by molar-refractivity contribution is 7.99. The first kappa shape index (κ1) is 15.4. The van der Waals surface area contributed by atoms with Crippen LogP contribution in [0.2, 0.25) is 0 Å². The van der Waals surface area contributed by atoms with Gasteiger partial charge in [-0.15, -0.1) is 10.2 Å². The molecule has 5 nitrogen and oxygen atoms in total. The molecule has 1 saturated heterocycles. The van der Waals surface area contributed by atoms with Crippen LogP contribution in [0.3, 0.4) is 0 Å². The Bertz CT molecular complexity index is 603. The Morgan fingerprint density at radius 3 is 2.82 bits per heavy atom. The van der Waals surface area contributed by atoms with Crippen LogP contribution in [-0.2, 0) is 18.4 Å². The first-order valence-corrected chi connectivity index (χ1v) is 8.55. The summed E-state index contributed by atoms with van der Waals surface area (Å²) in [7, 11) is 1.98. The lowest BCUT2D eigenvalue weighted by Gasteiger charge is -2.10. The molecule has 22 heavy (non-hydrogen) atoms. The summed E-state index contributed by atoms with van der Waals surface area (Å²) in [6.07, 6.45) is 3.01. The minimum absolute atomic E-state index is 0.334. The lowest BCUT2D eigenvalue weighted by atomic mass is 10.2. The van der Waals surface area contributed by atoms with Crippen LogP contribution in [0, 0.1) is 0 Å². The smallest absolute Gasteiger partial charge is 0.191 e. The standard InChI is InChI=1S/C16H21N3O2S/c1-12-8-9-14(21-12)11-22-16-18-17-15(19(16)2)10-20-13-6-4-3-5-7-13/h3-7,12,14H,8-11H2,1-2H3/t12-,14+/m1/s1. The third-order valence-electron chi connectivity index (χ3n) is 3.75. The molecule has 1 aromatic carbocycles. The fraction of sp³-hybridized carbons (Fsp3) is 0.500. The molecule has 1 aliphatic rings. The second kappa shape index (κ2) is 7.15. The Hall–Kier alpha value is -1.53. The fourth-order valence-corrected chi connectivity index (χ4v) is 3.41. The SMILES string of the molecule is C[C@@H]1CC[C@@H](CSc2nnc(COc3ccccc3)n2C)O1. The van der Waals surface area contributed by atoms with Crippen molar-refractivity contribution in [2.24, 2.45) is 7.05 Å². The van der Waals surface area contributed by atoms with Crippen molar-refractivity contribution < 1.29 is 9.47 Å². The van der Waals surface area contributed by atoms with E-state index in [0.29, 0.717) is 18.8 Å². The maximum absolute atomic E-state index is 5.83. The zero-order valence-corrected chi connectivity index (χ0v) is 13.8. The van der Waals surface area contributed by atoms with Gasteiger partial charge in [-0.2, -0.15) is 0 Å². The number of para-hydroxylation sites is 1. The zero-order valence-electron chi connectivity index (χ0n) is 12.9. The minimum Gasteiger partial charge on any atom is -0.486 e. The van der Waals surface area contributed by atoms with E-state index in [0.717, 1.165) is 35.3 Å². The number of aromatic nitrogens is 3. The summed E-state index contributed by atoms with van der Waals surface area (Å²) >= 11 is 1.70. The third kappa shape index (κ3) is 3.81. The number of rotatable bonds is 6. The molecule has 0 bridgehead atoms. The molecule has 0 radical (unpaired) electrons. The highest BCUT2D eigenvalue weighted by atomic mass is 32.2. The molecule has 1 fully saturated rings. The Balaban J connectivity index is 1.53. The van der Waals surface area contributed by atoms with Crippen molar-refractivity contribution in [2.75, 3.05) is 5.75 Å². The third-order valence-corrected chi connectivity index (χ3v) is 4.91. The second-order valence-corrected chi connectivity index (χ2v) is 6.50. The molecule has 0 aliphatic carbocycles. The van der Waals surface area contributed by atoms with E-state index in [9.17, 15) is 0 Å². The molecule has 0 amide bonds. The van der Waals surface area contributed by atoms with Crippen molar-refractivity contribution in [1.29, 1.82) is 0 Å². The van der Waals surface area contributed by atoms with Gasteiger partial charge >= 0.3 is 0 Å². The van der Waals surface area contributed by atoms with E-state index in [1.807, 2.05) is 41.9 Å². The van der Waals surface area contributed by atoms with Crippen LogP contribution in [0.15, 0.2) is 35.5 Å². The molecule has 2 aromatic rings. The van der Waals surface area contributed by atoms with Gasteiger partial charge in [-0.25, -0.2) is 0 Å². The zero-order chi connectivity index (χ0) is 15.4. The van der Waals surface area contributed by atoms with Gasteiger partial charge in [0.15, 0.2) is 11.0 Å². The summed E-state index contributed by atoms with van der Waals surface area (Å²) in [5.74, 6) is 2.59. The van der Waals surface area contributed by atoms with Crippen molar-refractivity contribution >= 4 is 11.8 Å². The van der Waals surface area contributed by atoms with Crippen LogP contribution in [-0.4, -0.2) is 32.7 Å². The van der Waals surface area contributed by atoms with Gasteiger partial charge < -0.3 is 14.0 Å². The van der Waals surface area contributed by atoms with Crippen LogP contribution in [0.1, 0.15) is 25.6 Å². The van der Waals surface area contributed by atoms with Gasteiger partial charge in [-0.1, -0.05) is 30.0 Å². The Kier molecular flexibility index (Phi) is 5.00. The average molecular weight is 319 g/mol. The van der Waals surface area contributed by atoms with E-state index in [-0.39, 0.29) is 0 Å². The molecule has 6 heteroatoms. The van der Waals surface area contributed by atoms with E-state index < -0.39 is 0 Å². The Morgan fingerprint density at radius 1 is 1.27 bits per heavy atom. The first-order chi connectivity index (χ1) is 10.7. The Labute approximate surface area is 135 Å². The van der Waals surface area contributed by atoms with Gasteiger partial charge in [-0.3, -0.25) is 0 Å². The topological polar surface area (TPSA) is 49.2 Å². The number of ether oxygens (including phenoxy) is 2. The van der Waals surface area contributed by atoms with Crippen molar-refractivity contribution in [3.05, 3.63) is 36.2 Å². The van der Waals surface area contributed by atoms with Crippen molar-refractivity contribution in [2.45, 2.75) is 43.7 Å². The van der Waals surface area contributed by atoms with Crippen LogP contribution < -0.4 is 4.74 Å². The number of nitrogens with zero attached hydrogens (tertiary/aromatic N) is 3. The molecule has 0 unspecified atom stereocenters. The van der Waals surface area contributed by atoms with E-state index >= 15 is 0 Å². The van der Waals surface area contributed by atoms with Crippen molar-refractivity contribution in [3.63, 3.8) is 0 Å². The largest absolute Gasteiger partial charge is 0.486 e. The summed E-state index contributed by atoms with van der Waals surface area (Å²) in [6, 6.07) is 9.75. The molecule has 1 aliphatic heterocycles. The highest BCUT2D eigenvalue weighted by Crippen LogP contribution is 2.25. The van der Waals surface area contributed by atoms with Gasteiger partial charge in [0.1, 0.15) is 12.4 Å². The molecule has 1 aromatic heterocycles. The molecule has 2 heterocycles. The predicted octanol–water partition coefficient (Wildman–Crippen LogP) is 3.05. The summed E-state index contributed by atoms with van der Waals surface area (Å²) in [5, 5.41) is 9.38. The molecular formula is C16H21N3O2S. The lowest BCUT2D eigenvalue weighted by molar-refractivity contribution is 0.0699. The van der Waals surface area contributed by atoms with Gasteiger partial charge in [-0.05, 0) is 31.9 Å². The molecule has 3 rings (SSSR count). The predicted molar refractivity (Wildman–Crippen MR) is 86.1 cm³/mol. The second-order valence-electron chi connectivity index (χ2n) is 5.52. The van der Waals surface area contributed by atoms with Gasteiger partial charge in [0, 0.05) is 12.8 Å². The van der Waals surface area contributed by atoms with Crippen LogP contribution in [0.4, 0.5) is 0 Å². The fourth-order valence-electron chi connectivity index (χ4n) is 2.44. The summed E-state index contributed by atoms with van der Waals surface area (Å²) in [5.41, 5.74) is 0. The maximum Gasteiger partial charge on any atom is 0.191 e. The van der Waals surface area contributed by atoms with Gasteiger partial charge in [0.2, 0.25) is 0 Å². The summed E-state index contributed by atoms with van der Waals surface area (Å²) in [4.78, 5) is 0. The monoisotopic (exact) mass is 319 g/mol. The number of hydrogen-bond donors (Lipinski definition) is 0. The van der Waals surface area contributed by atoms with E-state index in [2.05, 4.69) is 17.1 Å². The van der Waals surface area contributed by atoms with Gasteiger partial charge in [0.25, 0.3) is 0 Å². The van der Waals surface area contributed by atoms with Gasteiger partial charge in [0.05, 0.1) is 12.2 Å². The molecule has 0 saturated carbocycles. The molecule has 118 valence electrons. The van der Waals surface area contributed by atoms with Crippen LogP contribution >= 0.6 is 11.8 Å². The minimum atomic E-state index is 0.334. The normalized spacial score (nSPS) is 21.2. The Morgan fingerprint density at radius 2 is 2.09 bits per heavy atom. The van der Waals surface area contributed by atoms with Crippen molar-refractivity contribution in [3.8, 4) is 5.75 Å². The average Bonchev–Trinajstić information content (AvgIpc) is 3.10. The van der Waals surface area contributed by atoms with Crippen LogP contribution in [0.5, 0.6) is 5.75 Å². The lowest BCUT2D eigenvalue weighted by Crippen LogP contribution is -2.11. The molecule has 2 atom stereocenters. The molecule has 0 spiro atoms. The molecular weight excluding hydrogens is 298 g/mol. The summed E-state index contributed by atoms with van der Waals surface area (Å²) in [6.45, 7) is 2.55. The number of benzene rings is 1. The first-order valence-electron chi connectivity index (χ1n) is 7.56. The summed E-state index contributed by atoms with van der Waals surface area (Å²) < 4.78 is 13.5. The van der Waals surface area contributed by atoms with E-state index in [1.165, 1.54) is 0 Å². The van der Waals surface area contributed by atoms with Crippen molar-refractivity contribution in [1.82, 2.24) is 14.8 Å².